The Bertz CT molecular complexity index is 643. The molecular formula is C12H7ClN2O. The summed E-state index contributed by atoms with van der Waals surface area (Å²) >= 11 is 5.62. The Hall–Kier alpha value is -1.87. The molecule has 78 valence electrons. The summed E-state index contributed by atoms with van der Waals surface area (Å²) in [4.78, 5) is 4.02. The van der Waals surface area contributed by atoms with Gasteiger partial charge >= 0.3 is 5.35 Å². The van der Waals surface area contributed by atoms with Crippen molar-refractivity contribution in [1.82, 2.24) is 10.1 Å². The van der Waals surface area contributed by atoms with Gasteiger partial charge in [-0.3, -0.25) is 0 Å². The SMILES string of the molecule is Clc1nc(-c2cccc3ccccc23)no1. The lowest BCUT2D eigenvalue weighted by Crippen LogP contribution is -1.82. The van der Waals surface area contributed by atoms with E-state index >= 15 is 0 Å². The molecule has 0 saturated heterocycles. The zero-order valence-electron chi connectivity index (χ0n) is 8.22. The summed E-state index contributed by atoms with van der Waals surface area (Å²) in [6.45, 7) is 0. The Morgan fingerprint density at radius 1 is 1.00 bits per heavy atom. The highest BCUT2D eigenvalue weighted by Crippen LogP contribution is 2.26. The lowest BCUT2D eigenvalue weighted by atomic mass is 10.0. The Kier molecular flexibility index (Phi) is 2.11. The molecule has 2 aromatic carbocycles. The van der Waals surface area contributed by atoms with E-state index in [1.165, 1.54) is 0 Å². The minimum atomic E-state index is 0.0583. The zero-order valence-corrected chi connectivity index (χ0v) is 8.98. The smallest absolute Gasteiger partial charge is 0.320 e. The number of nitrogens with zero attached hydrogens (tertiary/aromatic N) is 2. The van der Waals surface area contributed by atoms with E-state index in [9.17, 15) is 0 Å². The van der Waals surface area contributed by atoms with Gasteiger partial charge in [0.05, 0.1) is 0 Å². The van der Waals surface area contributed by atoms with Crippen molar-refractivity contribution < 1.29 is 4.52 Å². The molecule has 0 bridgehead atoms. The van der Waals surface area contributed by atoms with Crippen molar-refractivity contribution in [3.63, 3.8) is 0 Å². The van der Waals surface area contributed by atoms with Crippen molar-refractivity contribution in [3.05, 3.63) is 47.8 Å². The molecule has 0 unspecified atom stereocenters. The van der Waals surface area contributed by atoms with Crippen molar-refractivity contribution >= 4 is 22.4 Å². The molecule has 1 heterocycles. The highest BCUT2D eigenvalue weighted by molar-refractivity contribution is 6.27. The largest absolute Gasteiger partial charge is 0.321 e. The second-order valence-corrected chi connectivity index (χ2v) is 3.72. The molecule has 0 fully saturated rings. The lowest BCUT2D eigenvalue weighted by molar-refractivity contribution is 0.421. The van der Waals surface area contributed by atoms with Crippen LogP contribution < -0.4 is 0 Å². The quantitative estimate of drug-likeness (QED) is 0.642. The maximum atomic E-state index is 5.62. The van der Waals surface area contributed by atoms with Crippen LogP contribution in [0.1, 0.15) is 0 Å². The number of rotatable bonds is 1. The van der Waals surface area contributed by atoms with E-state index in [0.717, 1.165) is 16.3 Å². The minimum Gasteiger partial charge on any atom is -0.321 e. The van der Waals surface area contributed by atoms with Gasteiger partial charge in [-0.05, 0) is 22.4 Å². The van der Waals surface area contributed by atoms with Crippen LogP contribution in [0.3, 0.4) is 0 Å². The van der Waals surface area contributed by atoms with Gasteiger partial charge in [-0.15, -0.1) is 0 Å². The molecule has 0 atom stereocenters. The van der Waals surface area contributed by atoms with Crippen LogP contribution in [-0.2, 0) is 0 Å². The van der Waals surface area contributed by atoms with Crippen LogP contribution in [-0.4, -0.2) is 10.1 Å². The minimum absolute atomic E-state index is 0.0583. The monoisotopic (exact) mass is 230 g/mol. The summed E-state index contributed by atoms with van der Waals surface area (Å²) in [7, 11) is 0. The molecule has 3 aromatic rings. The third kappa shape index (κ3) is 1.46. The maximum absolute atomic E-state index is 5.62. The summed E-state index contributed by atoms with van der Waals surface area (Å²) < 4.78 is 4.77. The molecule has 0 radical (unpaired) electrons. The Morgan fingerprint density at radius 2 is 1.81 bits per heavy atom. The van der Waals surface area contributed by atoms with Crippen LogP contribution in [0.2, 0.25) is 5.35 Å². The molecule has 0 saturated carbocycles. The van der Waals surface area contributed by atoms with Gasteiger partial charge in [0.1, 0.15) is 0 Å². The summed E-state index contributed by atoms with van der Waals surface area (Å²) in [5.74, 6) is 0.516. The third-order valence-corrected chi connectivity index (χ3v) is 2.59. The molecule has 0 N–H and O–H groups in total. The van der Waals surface area contributed by atoms with Gasteiger partial charge < -0.3 is 4.52 Å². The molecule has 3 nitrogen and oxygen atoms in total. The Balaban J connectivity index is 2.31. The highest BCUT2D eigenvalue weighted by atomic mass is 35.5. The van der Waals surface area contributed by atoms with E-state index in [2.05, 4.69) is 10.1 Å². The van der Waals surface area contributed by atoms with E-state index in [1.807, 2.05) is 42.5 Å². The molecule has 4 heteroatoms. The van der Waals surface area contributed by atoms with Crippen molar-refractivity contribution in [1.29, 1.82) is 0 Å². The van der Waals surface area contributed by atoms with Gasteiger partial charge in [0, 0.05) is 5.56 Å². The Labute approximate surface area is 96.7 Å². The topological polar surface area (TPSA) is 38.9 Å². The van der Waals surface area contributed by atoms with Crippen molar-refractivity contribution in [2.45, 2.75) is 0 Å². The van der Waals surface area contributed by atoms with Crippen LogP contribution >= 0.6 is 11.6 Å². The fraction of sp³-hybridized carbons (Fsp3) is 0. The predicted molar refractivity (Wildman–Crippen MR) is 62.3 cm³/mol. The first-order chi connectivity index (χ1) is 7.84. The Morgan fingerprint density at radius 3 is 2.62 bits per heavy atom. The summed E-state index contributed by atoms with van der Waals surface area (Å²) in [6.07, 6.45) is 0. The first kappa shape index (κ1) is 9.36. The standard InChI is InChI=1S/C12H7ClN2O/c13-12-14-11(15-16-12)10-7-3-5-8-4-1-2-6-9(8)10/h1-7H. The first-order valence-electron chi connectivity index (χ1n) is 4.82. The second kappa shape index (κ2) is 3.61. The van der Waals surface area contributed by atoms with E-state index in [-0.39, 0.29) is 5.35 Å². The number of hydrogen-bond acceptors (Lipinski definition) is 3. The van der Waals surface area contributed by atoms with Crippen LogP contribution in [0, 0.1) is 0 Å². The van der Waals surface area contributed by atoms with E-state index in [4.69, 9.17) is 16.1 Å². The zero-order chi connectivity index (χ0) is 11.0. The van der Waals surface area contributed by atoms with Crippen molar-refractivity contribution in [2.75, 3.05) is 0 Å². The van der Waals surface area contributed by atoms with E-state index in [0.29, 0.717) is 5.82 Å². The molecule has 0 aliphatic carbocycles. The average Bonchev–Trinajstić information content (AvgIpc) is 2.75. The van der Waals surface area contributed by atoms with Crippen molar-refractivity contribution in [3.8, 4) is 11.4 Å². The van der Waals surface area contributed by atoms with Gasteiger partial charge in [0.25, 0.3) is 0 Å². The molecule has 16 heavy (non-hydrogen) atoms. The maximum Gasteiger partial charge on any atom is 0.320 e. The summed E-state index contributed by atoms with van der Waals surface area (Å²) in [6, 6.07) is 14.0. The number of benzene rings is 2. The van der Waals surface area contributed by atoms with Crippen molar-refractivity contribution in [2.24, 2.45) is 0 Å². The van der Waals surface area contributed by atoms with Crippen LogP contribution in [0.25, 0.3) is 22.2 Å². The number of hydrogen-bond donors (Lipinski definition) is 0. The molecule has 3 rings (SSSR count). The van der Waals surface area contributed by atoms with Gasteiger partial charge in [-0.25, -0.2) is 0 Å². The van der Waals surface area contributed by atoms with E-state index in [1.54, 1.807) is 0 Å². The third-order valence-electron chi connectivity index (χ3n) is 2.43. The number of aromatic nitrogens is 2. The fourth-order valence-electron chi connectivity index (χ4n) is 1.73. The molecule has 0 spiro atoms. The number of halogens is 1. The molecular weight excluding hydrogens is 224 g/mol. The average molecular weight is 231 g/mol. The second-order valence-electron chi connectivity index (χ2n) is 3.40. The molecule has 0 amide bonds. The van der Waals surface area contributed by atoms with Crippen LogP contribution in [0.5, 0.6) is 0 Å². The van der Waals surface area contributed by atoms with Crippen LogP contribution in [0.15, 0.2) is 47.0 Å². The molecule has 1 aromatic heterocycles. The normalized spacial score (nSPS) is 10.8. The molecule has 0 aliphatic heterocycles. The van der Waals surface area contributed by atoms with Gasteiger partial charge in [-0.2, -0.15) is 4.98 Å². The van der Waals surface area contributed by atoms with Gasteiger partial charge in [0.2, 0.25) is 5.82 Å². The van der Waals surface area contributed by atoms with Crippen LogP contribution in [0.4, 0.5) is 0 Å². The summed E-state index contributed by atoms with van der Waals surface area (Å²) in [5, 5.41) is 6.10. The predicted octanol–water partition coefficient (Wildman–Crippen LogP) is 3.54. The molecule has 0 aliphatic rings. The van der Waals surface area contributed by atoms with Gasteiger partial charge in [-0.1, -0.05) is 47.6 Å². The highest BCUT2D eigenvalue weighted by Gasteiger charge is 2.09. The summed E-state index contributed by atoms with van der Waals surface area (Å²) in [5.41, 5.74) is 0.925. The lowest BCUT2D eigenvalue weighted by Gasteiger charge is -2.01. The number of fused-ring (bicyclic) bond motifs is 1. The first-order valence-corrected chi connectivity index (χ1v) is 5.20. The fourth-order valence-corrected chi connectivity index (χ4v) is 1.85. The van der Waals surface area contributed by atoms with E-state index < -0.39 is 0 Å². The van der Waals surface area contributed by atoms with Gasteiger partial charge in [0.15, 0.2) is 0 Å².